The molecule has 0 N–H and O–H groups in total. The normalized spacial score (nSPS) is 11.3. The van der Waals surface area contributed by atoms with Gasteiger partial charge in [-0.15, -0.1) is 0 Å². The predicted molar refractivity (Wildman–Crippen MR) is 136 cm³/mol. The topological polar surface area (TPSA) is 78.0 Å². The van der Waals surface area contributed by atoms with E-state index in [1.807, 2.05) is 76.2 Å². The zero-order chi connectivity index (χ0) is 25.6. The third-order valence-corrected chi connectivity index (χ3v) is 5.38. The van der Waals surface area contributed by atoms with Crippen molar-refractivity contribution in [2.75, 3.05) is 20.3 Å². The number of hydrogen-bond donors (Lipinski definition) is 0. The molecule has 1 aromatic heterocycles. The molecule has 0 unspecified atom stereocenters. The van der Waals surface area contributed by atoms with E-state index < -0.39 is 11.7 Å². The van der Waals surface area contributed by atoms with E-state index in [0.717, 1.165) is 27.6 Å². The fourth-order valence-electron chi connectivity index (χ4n) is 3.78. The van der Waals surface area contributed by atoms with Crippen molar-refractivity contribution in [3.05, 3.63) is 59.8 Å². The highest BCUT2D eigenvalue weighted by molar-refractivity contribution is 5.87. The largest absolute Gasteiger partial charge is 0.496 e. The smallest absolute Gasteiger partial charge is 0.410 e. The molecule has 0 aliphatic rings. The molecule has 0 atom stereocenters. The van der Waals surface area contributed by atoms with Gasteiger partial charge in [-0.05, 0) is 64.4 Å². The first-order chi connectivity index (χ1) is 16.6. The number of pyridine rings is 1. The van der Waals surface area contributed by atoms with Gasteiger partial charge in [0.15, 0.2) is 0 Å². The summed E-state index contributed by atoms with van der Waals surface area (Å²) in [7, 11) is 1.61. The number of para-hydroxylation sites is 1. The van der Waals surface area contributed by atoms with E-state index in [-0.39, 0.29) is 18.9 Å². The van der Waals surface area contributed by atoms with Crippen LogP contribution in [0.2, 0.25) is 0 Å². The number of amides is 1. The lowest BCUT2D eigenvalue weighted by molar-refractivity contribution is -0.142. The van der Waals surface area contributed by atoms with Gasteiger partial charge in [0.1, 0.15) is 11.4 Å². The first-order valence-corrected chi connectivity index (χ1v) is 11.8. The second kappa shape index (κ2) is 11.2. The molecule has 186 valence electrons. The van der Waals surface area contributed by atoms with Crippen LogP contribution in [-0.2, 0) is 27.2 Å². The van der Waals surface area contributed by atoms with Crippen molar-refractivity contribution in [2.45, 2.75) is 53.2 Å². The Kier molecular flexibility index (Phi) is 8.33. The SMILES string of the molecule is CCOC(=O)Cc1ccc(OC)c(-c2cc3ccccc3nc2CN(CC)C(=O)OC(C)(C)C)c1. The van der Waals surface area contributed by atoms with Gasteiger partial charge in [-0.3, -0.25) is 9.78 Å². The lowest BCUT2D eigenvalue weighted by Crippen LogP contribution is -2.36. The first kappa shape index (κ1) is 26.0. The maximum absolute atomic E-state index is 12.9. The van der Waals surface area contributed by atoms with Crippen LogP contribution in [0.1, 0.15) is 45.9 Å². The number of aromatic nitrogens is 1. The Hall–Kier alpha value is -3.61. The van der Waals surface area contributed by atoms with Crippen LogP contribution in [0, 0.1) is 0 Å². The van der Waals surface area contributed by atoms with E-state index >= 15 is 0 Å². The van der Waals surface area contributed by atoms with Gasteiger partial charge in [0.25, 0.3) is 0 Å². The maximum Gasteiger partial charge on any atom is 0.410 e. The Morgan fingerprint density at radius 2 is 1.74 bits per heavy atom. The zero-order valence-corrected chi connectivity index (χ0v) is 21.4. The number of rotatable bonds is 8. The number of hydrogen-bond acceptors (Lipinski definition) is 6. The van der Waals surface area contributed by atoms with Crippen LogP contribution in [0.4, 0.5) is 4.79 Å². The first-order valence-electron chi connectivity index (χ1n) is 11.8. The summed E-state index contributed by atoms with van der Waals surface area (Å²) in [6.45, 7) is 10.3. The van der Waals surface area contributed by atoms with Crippen molar-refractivity contribution in [1.82, 2.24) is 9.88 Å². The van der Waals surface area contributed by atoms with Gasteiger partial charge < -0.3 is 19.1 Å². The number of esters is 1. The molecule has 1 heterocycles. The van der Waals surface area contributed by atoms with Gasteiger partial charge in [-0.1, -0.05) is 24.3 Å². The molecular weight excluding hydrogens is 444 g/mol. The number of carbonyl (C=O) groups excluding carboxylic acids is 2. The van der Waals surface area contributed by atoms with E-state index in [4.69, 9.17) is 19.2 Å². The molecule has 7 heteroatoms. The molecule has 2 aromatic carbocycles. The molecule has 1 amide bonds. The summed E-state index contributed by atoms with van der Waals surface area (Å²) < 4.78 is 16.4. The highest BCUT2D eigenvalue weighted by atomic mass is 16.6. The minimum atomic E-state index is -0.602. The van der Waals surface area contributed by atoms with Crippen LogP contribution >= 0.6 is 0 Å². The summed E-state index contributed by atoms with van der Waals surface area (Å²) in [5.41, 5.74) is 3.36. The second-order valence-electron chi connectivity index (χ2n) is 9.19. The minimum absolute atomic E-state index is 0.153. The van der Waals surface area contributed by atoms with Gasteiger partial charge in [0.2, 0.25) is 0 Å². The molecule has 0 spiro atoms. The summed E-state index contributed by atoms with van der Waals surface area (Å²) in [4.78, 5) is 31.5. The van der Waals surface area contributed by atoms with Gasteiger partial charge in [0.05, 0.1) is 37.9 Å². The van der Waals surface area contributed by atoms with E-state index in [0.29, 0.717) is 24.6 Å². The standard InChI is InChI=1S/C28H34N2O5/c1-7-30(27(32)35-28(3,4)5)18-24-21(17-20-11-9-10-12-23(20)29-24)22-15-19(13-14-25(22)33-6)16-26(31)34-8-2/h9-15,17H,7-8,16,18H2,1-6H3. The molecule has 0 aliphatic carbocycles. The van der Waals surface area contributed by atoms with Crippen LogP contribution in [0.15, 0.2) is 48.5 Å². The van der Waals surface area contributed by atoms with Crippen molar-refractivity contribution in [1.29, 1.82) is 0 Å². The molecule has 3 rings (SSSR count). The molecule has 0 saturated carbocycles. The van der Waals surface area contributed by atoms with Crippen molar-refractivity contribution < 1.29 is 23.8 Å². The number of nitrogens with zero attached hydrogens (tertiary/aromatic N) is 2. The highest BCUT2D eigenvalue weighted by Crippen LogP contribution is 2.35. The highest BCUT2D eigenvalue weighted by Gasteiger charge is 2.24. The average Bonchev–Trinajstić information content (AvgIpc) is 2.81. The van der Waals surface area contributed by atoms with E-state index in [9.17, 15) is 9.59 Å². The van der Waals surface area contributed by atoms with Crippen molar-refractivity contribution in [3.63, 3.8) is 0 Å². The van der Waals surface area contributed by atoms with Gasteiger partial charge in [-0.2, -0.15) is 0 Å². The Balaban J connectivity index is 2.11. The van der Waals surface area contributed by atoms with E-state index in [2.05, 4.69) is 0 Å². The van der Waals surface area contributed by atoms with Gasteiger partial charge in [0, 0.05) is 23.1 Å². The van der Waals surface area contributed by atoms with Crippen LogP contribution in [0.3, 0.4) is 0 Å². The average molecular weight is 479 g/mol. The van der Waals surface area contributed by atoms with Crippen molar-refractivity contribution >= 4 is 23.0 Å². The quantitative estimate of drug-likeness (QED) is 0.382. The minimum Gasteiger partial charge on any atom is -0.496 e. The fourth-order valence-corrected chi connectivity index (χ4v) is 3.78. The van der Waals surface area contributed by atoms with Crippen LogP contribution in [0.25, 0.3) is 22.0 Å². The number of benzene rings is 2. The fraction of sp³-hybridized carbons (Fsp3) is 0.393. The monoisotopic (exact) mass is 478 g/mol. The Morgan fingerprint density at radius 1 is 1.00 bits per heavy atom. The summed E-state index contributed by atoms with van der Waals surface area (Å²) in [5, 5.41) is 0.962. The lowest BCUT2D eigenvalue weighted by Gasteiger charge is -2.27. The van der Waals surface area contributed by atoms with E-state index in [1.54, 1.807) is 18.9 Å². The lowest BCUT2D eigenvalue weighted by atomic mass is 9.97. The van der Waals surface area contributed by atoms with Crippen molar-refractivity contribution in [2.24, 2.45) is 0 Å². The number of methoxy groups -OCH3 is 1. The molecule has 0 aliphatic heterocycles. The Morgan fingerprint density at radius 3 is 2.40 bits per heavy atom. The molecule has 0 radical (unpaired) electrons. The molecule has 0 fully saturated rings. The molecule has 0 bridgehead atoms. The zero-order valence-electron chi connectivity index (χ0n) is 21.4. The van der Waals surface area contributed by atoms with E-state index in [1.165, 1.54) is 0 Å². The third-order valence-electron chi connectivity index (χ3n) is 5.38. The van der Waals surface area contributed by atoms with Gasteiger partial charge >= 0.3 is 12.1 Å². The molecule has 0 saturated heterocycles. The number of ether oxygens (including phenoxy) is 3. The Labute approximate surface area is 207 Å². The predicted octanol–water partition coefficient (Wildman–Crippen LogP) is 5.77. The molecule has 7 nitrogen and oxygen atoms in total. The summed E-state index contributed by atoms with van der Waals surface area (Å²) in [6.07, 6.45) is -0.246. The number of carbonyl (C=O) groups is 2. The summed E-state index contributed by atoms with van der Waals surface area (Å²) >= 11 is 0. The van der Waals surface area contributed by atoms with Crippen molar-refractivity contribution in [3.8, 4) is 16.9 Å². The van der Waals surface area contributed by atoms with Gasteiger partial charge in [-0.25, -0.2) is 4.79 Å². The molecule has 3 aromatic rings. The van der Waals surface area contributed by atoms with Crippen LogP contribution in [0.5, 0.6) is 5.75 Å². The summed E-state index contributed by atoms with van der Waals surface area (Å²) in [6, 6.07) is 15.5. The summed E-state index contributed by atoms with van der Waals surface area (Å²) in [5.74, 6) is 0.360. The second-order valence-corrected chi connectivity index (χ2v) is 9.19. The number of fused-ring (bicyclic) bond motifs is 1. The molecule has 35 heavy (non-hydrogen) atoms. The third kappa shape index (κ3) is 6.72. The van der Waals surface area contributed by atoms with Crippen LogP contribution in [-0.4, -0.2) is 47.8 Å². The van der Waals surface area contributed by atoms with Crippen LogP contribution < -0.4 is 4.74 Å². The molecular formula is C28H34N2O5. The Bertz CT molecular complexity index is 1200. The maximum atomic E-state index is 12.9.